The number of ketones is 1. The second-order valence-electron chi connectivity index (χ2n) is 4.14. The average molecular weight is 217 g/mol. The molecule has 1 atom stereocenters. The SMILES string of the molecule is Cc1ccc(C2CC(=O)c3cnoc3C2)o1. The van der Waals surface area contributed by atoms with Gasteiger partial charge < -0.3 is 8.94 Å². The maximum atomic E-state index is 11.8. The highest BCUT2D eigenvalue weighted by Crippen LogP contribution is 2.33. The summed E-state index contributed by atoms with van der Waals surface area (Å²) in [5.41, 5.74) is 0.625. The van der Waals surface area contributed by atoms with Crippen LogP contribution in [0.15, 0.2) is 27.3 Å². The van der Waals surface area contributed by atoms with Gasteiger partial charge in [-0.05, 0) is 19.1 Å². The number of Topliss-reactive ketones (excluding diaryl/α,β-unsaturated/α-hetero) is 1. The fourth-order valence-electron chi connectivity index (χ4n) is 2.14. The number of rotatable bonds is 1. The first-order chi connectivity index (χ1) is 7.74. The standard InChI is InChI=1S/C12H11NO3/c1-7-2-3-11(15-7)8-4-10(14)9-6-13-16-12(9)5-8/h2-3,6,8H,4-5H2,1H3. The Morgan fingerprint density at radius 1 is 1.38 bits per heavy atom. The Labute approximate surface area is 92.2 Å². The number of hydrogen-bond acceptors (Lipinski definition) is 4. The minimum absolute atomic E-state index is 0.0848. The molecular weight excluding hydrogens is 206 g/mol. The molecule has 0 aliphatic heterocycles. The second kappa shape index (κ2) is 3.33. The van der Waals surface area contributed by atoms with Gasteiger partial charge in [0, 0.05) is 18.8 Å². The number of carbonyl (C=O) groups excluding carboxylic acids is 1. The molecule has 2 heterocycles. The molecule has 82 valence electrons. The average Bonchev–Trinajstić information content (AvgIpc) is 2.85. The summed E-state index contributed by atoms with van der Waals surface area (Å²) >= 11 is 0. The predicted molar refractivity (Wildman–Crippen MR) is 55.3 cm³/mol. The van der Waals surface area contributed by atoms with Crippen molar-refractivity contribution in [2.24, 2.45) is 0 Å². The zero-order valence-electron chi connectivity index (χ0n) is 8.90. The third-order valence-electron chi connectivity index (χ3n) is 2.97. The minimum Gasteiger partial charge on any atom is -0.466 e. The maximum absolute atomic E-state index is 11.8. The Balaban J connectivity index is 1.94. The highest BCUT2D eigenvalue weighted by Gasteiger charge is 2.30. The molecule has 1 aliphatic rings. The summed E-state index contributed by atoms with van der Waals surface area (Å²) in [6.45, 7) is 1.90. The van der Waals surface area contributed by atoms with Crippen LogP contribution in [-0.2, 0) is 6.42 Å². The first-order valence-electron chi connectivity index (χ1n) is 5.27. The molecule has 16 heavy (non-hydrogen) atoms. The van der Waals surface area contributed by atoms with Gasteiger partial charge in [0.15, 0.2) is 5.78 Å². The zero-order valence-corrected chi connectivity index (χ0v) is 8.90. The van der Waals surface area contributed by atoms with Gasteiger partial charge in [0.05, 0.1) is 11.8 Å². The van der Waals surface area contributed by atoms with Gasteiger partial charge in [-0.2, -0.15) is 0 Å². The van der Waals surface area contributed by atoms with Crippen LogP contribution in [0.4, 0.5) is 0 Å². The second-order valence-corrected chi connectivity index (χ2v) is 4.14. The van der Waals surface area contributed by atoms with Crippen molar-refractivity contribution in [3.05, 3.63) is 41.2 Å². The molecule has 2 aromatic heterocycles. The van der Waals surface area contributed by atoms with Crippen LogP contribution < -0.4 is 0 Å². The first-order valence-corrected chi connectivity index (χ1v) is 5.27. The van der Waals surface area contributed by atoms with E-state index in [2.05, 4.69) is 5.16 Å². The molecular formula is C12H11NO3. The van der Waals surface area contributed by atoms with Crippen LogP contribution in [0.3, 0.4) is 0 Å². The van der Waals surface area contributed by atoms with Crippen LogP contribution in [-0.4, -0.2) is 10.9 Å². The van der Waals surface area contributed by atoms with Crippen LogP contribution in [0, 0.1) is 6.92 Å². The smallest absolute Gasteiger partial charge is 0.168 e. The minimum atomic E-state index is 0.0848. The lowest BCUT2D eigenvalue weighted by atomic mass is 9.86. The van der Waals surface area contributed by atoms with E-state index in [4.69, 9.17) is 8.94 Å². The third kappa shape index (κ3) is 1.38. The summed E-state index contributed by atoms with van der Waals surface area (Å²) in [5.74, 6) is 2.57. The van der Waals surface area contributed by atoms with Crippen LogP contribution in [0.2, 0.25) is 0 Å². The van der Waals surface area contributed by atoms with Crippen molar-refractivity contribution < 1.29 is 13.7 Å². The molecule has 0 bridgehead atoms. The van der Waals surface area contributed by atoms with E-state index in [1.807, 2.05) is 19.1 Å². The number of carbonyl (C=O) groups is 1. The van der Waals surface area contributed by atoms with Gasteiger partial charge in [-0.3, -0.25) is 4.79 Å². The van der Waals surface area contributed by atoms with E-state index in [0.29, 0.717) is 24.2 Å². The summed E-state index contributed by atoms with van der Waals surface area (Å²) in [6, 6.07) is 3.84. The Kier molecular flexibility index (Phi) is 1.96. The monoisotopic (exact) mass is 217 g/mol. The van der Waals surface area contributed by atoms with Crippen molar-refractivity contribution >= 4 is 5.78 Å². The number of aryl methyl sites for hydroxylation is 1. The lowest BCUT2D eigenvalue weighted by molar-refractivity contribution is 0.0955. The summed E-state index contributed by atoms with van der Waals surface area (Å²) < 4.78 is 10.6. The molecule has 0 spiro atoms. The van der Waals surface area contributed by atoms with E-state index in [1.54, 1.807) is 0 Å². The quantitative estimate of drug-likeness (QED) is 0.736. The topological polar surface area (TPSA) is 56.2 Å². The van der Waals surface area contributed by atoms with E-state index in [1.165, 1.54) is 6.20 Å². The van der Waals surface area contributed by atoms with Crippen molar-refractivity contribution in [1.82, 2.24) is 5.16 Å². The highest BCUT2D eigenvalue weighted by atomic mass is 16.5. The van der Waals surface area contributed by atoms with Crippen molar-refractivity contribution in [3.8, 4) is 0 Å². The molecule has 0 aromatic carbocycles. The molecule has 0 radical (unpaired) electrons. The lowest BCUT2D eigenvalue weighted by Gasteiger charge is -2.17. The summed E-state index contributed by atoms with van der Waals surface area (Å²) in [6.07, 6.45) is 2.66. The van der Waals surface area contributed by atoms with E-state index in [9.17, 15) is 4.79 Å². The number of aromatic nitrogens is 1. The molecule has 0 N–H and O–H groups in total. The molecule has 1 aliphatic carbocycles. The fraction of sp³-hybridized carbons (Fsp3) is 0.333. The van der Waals surface area contributed by atoms with Gasteiger partial charge in [0.2, 0.25) is 0 Å². The van der Waals surface area contributed by atoms with E-state index in [0.717, 1.165) is 11.5 Å². The van der Waals surface area contributed by atoms with Crippen molar-refractivity contribution in [2.75, 3.05) is 0 Å². The molecule has 0 saturated heterocycles. The van der Waals surface area contributed by atoms with Gasteiger partial charge in [0.25, 0.3) is 0 Å². The maximum Gasteiger partial charge on any atom is 0.168 e. The predicted octanol–water partition coefficient (Wildman–Crippen LogP) is 2.49. The number of fused-ring (bicyclic) bond motifs is 1. The fourth-order valence-corrected chi connectivity index (χ4v) is 2.14. The molecule has 3 rings (SSSR count). The van der Waals surface area contributed by atoms with Gasteiger partial charge in [-0.25, -0.2) is 0 Å². The van der Waals surface area contributed by atoms with Crippen molar-refractivity contribution in [2.45, 2.75) is 25.7 Å². The first kappa shape index (κ1) is 9.39. The molecule has 4 nitrogen and oxygen atoms in total. The lowest BCUT2D eigenvalue weighted by Crippen LogP contribution is -2.16. The van der Waals surface area contributed by atoms with Gasteiger partial charge in [-0.15, -0.1) is 0 Å². The molecule has 0 amide bonds. The molecule has 2 aromatic rings. The zero-order chi connectivity index (χ0) is 11.1. The van der Waals surface area contributed by atoms with E-state index in [-0.39, 0.29) is 11.7 Å². The van der Waals surface area contributed by atoms with Crippen LogP contribution in [0.1, 0.15) is 40.0 Å². The van der Waals surface area contributed by atoms with Crippen molar-refractivity contribution in [3.63, 3.8) is 0 Å². The number of hydrogen-bond donors (Lipinski definition) is 0. The Bertz CT molecular complexity index is 538. The number of nitrogens with zero attached hydrogens (tertiary/aromatic N) is 1. The largest absolute Gasteiger partial charge is 0.466 e. The molecule has 4 heteroatoms. The van der Waals surface area contributed by atoms with Gasteiger partial charge >= 0.3 is 0 Å². The van der Waals surface area contributed by atoms with Crippen LogP contribution in [0.5, 0.6) is 0 Å². The van der Waals surface area contributed by atoms with Gasteiger partial charge in [-0.1, -0.05) is 5.16 Å². The summed E-state index contributed by atoms with van der Waals surface area (Å²) in [5, 5.41) is 3.66. The highest BCUT2D eigenvalue weighted by molar-refractivity contribution is 5.98. The van der Waals surface area contributed by atoms with Crippen molar-refractivity contribution in [1.29, 1.82) is 0 Å². The normalized spacial score (nSPS) is 19.8. The van der Waals surface area contributed by atoms with Gasteiger partial charge in [0.1, 0.15) is 17.3 Å². The van der Waals surface area contributed by atoms with Crippen LogP contribution in [0.25, 0.3) is 0 Å². The molecule has 1 unspecified atom stereocenters. The third-order valence-corrected chi connectivity index (χ3v) is 2.97. The summed E-state index contributed by atoms with van der Waals surface area (Å²) in [4.78, 5) is 11.8. The Morgan fingerprint density at radius 3 is 3.00 bits per heavy atom. The molecule has 0 saturated carbocycles. The molecule has 0 fully saturated rings. The Hall–Kier alpha value is -1.84. The van der Waals surface area contributed by atoms with E-state index < -0.39 is 0 Å². The van der Waals surface area contributed by atoms with E-state index >= 15 is 0 Å². The summed E-state index contributed by atoms with van der Waals surface area (Å²) in [7, 11) is 0. The number of furan rings is 1. The Morgan fingerprint density at radius 2 is 2.25 bits per heavy atom. The van der Waals surface area contributed by atoms with Crippen LogP contribution >= 0.6 is 0 Å².